The van der Waals surface area contributed by atoms with Crippen molar-refractivity contribution in [2.24, 2.45) is 0 Å². The van der Waals surface area contributed by atoms with E-state index < -0.39 is 5.69 Å². The summed E-state index contributed by atoms with van der Waals surface area (Å²) in [5, 5.41) is 0. The summed E-state index contributed by atoms with van der Waals surface area (Å²) >= 11 is 0. The van der Waals surface area contributed by atoms with Crippen molar-refractivity contribution in [2.75, 3.05) is 0 Å². The minimum absolute atomic E-state index is 0.101. The number of benzene rings is 2. The fourth-order valence-electron chi connectivity index (χ4n) is 3.04. The maximum Gasteiger partial charge on any atom is 0.331 e. The Morgan fingerprint density at radius 2 is 1.58 bits per heavy atom. The van der Waals surface area contributed by atoms with E-state index in [9.17, 15) is 14.4 Å². The van der Waals surface area contributed by atoms with Crippen LogP contribution >= 0.6 is 0 Å². The van der Waals surface area contributed by atoms with E-state index >= 15 is 0 Å². The first-order chi connectivity index (χ1) is 12.4. The summed E-state index contributed by atoms with van der Waals surface area (Å²) in [5.41, 5.74) is 2.70. The van der Waals surface area contributed by atoms with Crippen molar-refractivity contribution in [3.05, 3.63) is 104 Å². The van der Waals surface area contributed by atoms with Gasteiger partial charge in [-0.15, -0.1) is 0 Å². The van der Waals surface area contributed by atoms with Gasteiger partial charge in [0, 0.05) is 17.8 Å². The van der Waals surface area contributed by atoms with Gasteiger partial charge >= 0.3 is 5.69 Å². The first-order valence-electron chi connectivity index (χ1n) is 8.40. The van der Waals surface area contributed by atoms with Gasteiger partial charge in [-0.1, -0.05) is 59.7 Å². The zero-order chi connectivity index (χ0) is 18.7. The van der Waals surface area contributed by atoms with E-state index in [1.54, 1.807) is 24.3 Å². The van der Waals surface area contributed by atoms with Gasteiger partial charge in [0.25, 0.3) is 5.56 Å². The van der Waals surface area contributed by atoms with Gasteiger partial charge < -0.3 is 0 Å². The summed E-state index contributed by atoms with van der Waals surface area (Å²) in [6.45, 7) is 4.03. The molecule has 0 aliphatic carbocycles. The molecular weight excluding hydrogens is 328 g/mol. The standard InChI is InChI=1S/C21H20N2O3/c1-15-10-16(2)12-17(11-15)13-23-20(25)8-9-22(21(23)26)14-19(24)18-6-4-3-5-7-18/h3-12H,13-14H2,1-2H3. The molecule has 0 radical (unpaired) electrons. The van der Waals surface area contributed by atoms with Gasteiger partial charge in [-0.2, -0.15) is 0 Å². The van der Waals surface area contributed by atoms with Gasteiger partial charge in [0.05, 0.1) is 13.1 Å². The first kappa shape index (κ1) is 17.6. The van der Waals surface area contributed by atoms with Crippen LogP contribution in [0.3, 0.4) is 0 Å². The summed E-state index contributed by atoms with van der Waals surface area (Å²) in [6, 6.07) is 16.0. The normalized spacial score (nSPS) is 10.7. The molecule has 0 bridgehead atoms. The van der Waals surface area contributed by atoms with Crippen molar-refractivity contribution in [1.29, 1.82) is 0 Å². The minimum atomic E-state index is -0.485. The molecule has 3 aromatic rings. The lowest BCUT2D eigenvalue weighted by Crippen LogP contribution is -2.40. The fourth-order valence-corrected chi connectivity index (χ4v) is 3.04. The maximum absolute atomic E-state index is 12.7. The van der Waals surface area contributed by atoms with Crippen LogP contribution in [0.2, 0.25) is 0 Å². The first-order valence-corrected chi connectivity index (χ1v) is 8.40. The number of Topliss-reactive ketones (excluding diaryl/α,β-unsaturated/α-hetero) is 1. The predicted octanol–water partition coefficient (Wildman–Crippen LogP) is 2.56. The van der Waals surface area contributed by atoms with E-state index in [-0.39, 0.29) is 24.4 Å². The third-order valence-corrected chi connectivity index (χ3v) is 4.17. The SMILES string of the molecule is Cc1cc(C)cc(Cn2c(=O)ccn(CC(=O)c3ccccc3)c2=O)c1. The number of hydrogen-bond donors (Lipinski definition) is 0. The molecule has 0 saturated heterocycles. The van der Waals surface area contributed by atoms with E-state index in [0.717, 1.165) is 21.3 Å². The Labute approximate surface area is 151 Å². The van der Waals surface area contributed by atoms with Crippen LogP contribution in [-0.4, -0.2) is 14.9 Å². The van der Waals surface area contributed by atoms with Crippen molar-refractivity contribution in [1.82, 2.24) is 9.13 Å². The molecule has 3 rings (SSSR count). The number of ketones is 1. The Bertz CT molecular complexity index is 1040. The highest BCUT2D eigenvalue weighted by molar-refractivity contribution is 5.95. The smallest absolute Gasteiger partial charge is 0.293 e. The summed E-state index contributed by atoms with van der Waals surface area (Å²) in [6.07, 6.45) is 1.38. The summed E-state index contributed by atoms with van der Waals surface area (Å²) in [4.78, 5) is 37.3. The van der Waals surface area contributed by atoms with Gasteiger partial charge in [0.1, 0.15) is 0 Å². The van der Waals surface area contributed by atoms with Crippen LogP contribution in [0.5, 0.6) is 0 Å². The Kier molecular flexibility index (Phi) is 4.98. The molecule has 0 saturated carbocycles. The number of nitrogens with zero attached hydrogens (tertiary/aromatic N) is 2. The second kappa shape index (κ2) is 7.35. The maximum atomic E-state index is 12.7. The lowest BCUT2D eigenvalue weighted by atomic mass is 10.1. The number of aromatic nitrogens is 2. The number of rotatable bonds is 5. The zero-order valence-electron chi connectivity index (χ0n) is 14.8. The Morgan fingerprint density at radius 1 is 0.923 bits per heavy atom. The molecule has 26 heavy (non-hydrogen) atoms. The average Bonchev–Trinajstić information content (AvgIpc) is 2.61. The molecule has 0 atom stereocenters. The lowest BCUT2D eigenvalue weighted by molar-refractivity contribution is 0.0969. The van der Waals surface area contributed by atoms with Gasteiger partial charge in [-0.25, -0.2) is 4.79 Å². The van der Waals surface area contributed by atoms with Crippen LogP contribution in [0.15, 0.2) is 70.4 Å². The van der Waals surface area contributed by atoms with E-state index in [2.05, 4.69) is 0 Å². The molecule has 0 aliphatic heterocycles. The van der Waals surface area contributed by atoms with Crippen LogP contribution in [0.4, 0.5) is 0 Å². The second-order valence-electron chi connectivity index (χ2n) is 6.44. The highest BCUT2D eigenvalue weighted by atomic mass is 16.2. The van der Waals surface area contributed by atoms with Crippen molar-refractivity contribution >= 4 is 5.78 Å². The predicted molar refractivity (Wildman–Crippen MR) is 101 cm³/mol. The number of aryl methyl sites for hydroxylation is 2. The number of carbonyl (C=O) groups excluding carboxylic acids is 1. The third kappa shape index (κ3) is 3.88. The minimum Gasteiger partial charge on any atom is -0.293 e. The van der Waals surface area contributed by atoms with Crippen molar-refractivity contribution < 1.29 is 4.79 Å². The molecule has 0 amide bonds. The van der Waals surface area contributed by atoms with E-state index in [4.69, 9.17) is 0 Å². The molecule has 0 N–H and O–H groups in total. The van der Waals surface area contributed by atoms with Gasteiger partial charge in [0.15, 0.2) is 5.78 Å². The monoisotopic (exact) mass is 348 g/mol. The third-order valence-electron chi connectivity index (χ3n) is 4.17. The summed E-state index contributed by atoms with van der Waals surface area (Å²) in [5.74, 6) is -0.177. The van der Waals surface area contributed by atoms with E-state index in [0.29, 0.717) is 5.56 Å². The van der Waals surface area contributed by atoms with Crippen molar-refractivity contribution in [3.8, 4) is 0 Å². The molecule has 1 heterocycles. The summed E-state index contributed by atoms with van der Waals surface area (Å²) in [7, 11) is 0. The highest BCUT2D eigenvalue weighted by Crippen LogP contribution is 2.09. The number of carbonyl (C=O) groups is 1. The van der Waals surface area contributed by atoms with Crippen LogP contribution in [-0.2, 0) is 13.1 Å². The Morgan fingerprint density at radius 3 is 2.23 bits per heavy atom. The Balaban J connectivity index is 1.93. The topological polar surface area (TPSA) is 61.1 Å². The van der Waals surface area contributed by atoms with E-state index in [1.165, 1.54) is 16.8 Å². The van der Waals surface area contributed by atoms with Gasteiger partial charge in [-0.05, 0) is 19.4 Å². The van der Waals surface area contributed by atoms with Crippen molar-refractivity contribution in [2.45, 2.75) is 26.9 Å². The van der Waals surface area contributed by atoms with Crippen molar-refractivity contribution in [3.63, 3.8) is 0 Å². The molecule has 1 aromatic heterocycles. The fraction of sp³-hybridized carbons (Fsp3) is 0.190. The largest absolute Gasteiger partial charge is 0.331 e. The molecule has 0 spiro atoms. The molecule has 5 heteroatoms. The molecule has 5 nitrogen and oxygen atoms in total. The summed E-state index contributed by atoms with van der Waals surface area (Å²) < 4.78 is 2.44. The molecular formula is C21H20N2O3. The van der Waals surface area contributed by atoms with Gasteiger partial charge in [-0.3, -0.25) is 18.7 Å². The lowest BCUT2D eigenvalue weighted by Gasteiger charge is -2.11. The molecule has 0 aliphatic rings. The second-order valence-corrected chi connectivity index (χ2v) is 6.44. The number of hydrogen-bond acceptors (Lipinski definition) is 3. The van der Waals surface area contributed by atoms with Crippen LogP contribution in [0.25, 0.3) is 0 Å². The quantitative estimate of drug-likeness (QED) is 0.666. The molecule has 132 valence electrons. The average molecular weight is 348 g/mol. The van der Waals surface area contributed by atoms with Crippen LogP contribution < -0.4 is 11.2 Å². The van der Waals surface area contributed by atoms with E-state index in [1.807, 2.05) is 38.1 Å². The van der Waals surface area contributed by atoms with Crippen LogP contribution in [0.1, 0.15) is 27.0 Å². The van der Waals surface area contributed by atoms with Gasteiger partial charge in [0.2, 0.25) is 0 Å². The molecule has 0 unspecified atom stereocenters. The highest BCUT2D eigenvalue weighted by Gasteiger charge is 2.11. The van der Waals surface area contributed by atoms with Crippen LogP contribution in [0, 0.1) is 13.8 Å². The zero-order valence-corrected chi connectivity index (χ0v) is 14.8. The molecule has 0 fully saturated rings. The molecule has 2 aromatic carbocycles. The Hall–Kier alpha value is -3.21.